The van der Waals surface area contributed by atoms with Gasteiger partial charge < -0.3 is 14.6 Å². The van der Waals surface area contributed by atoms with Crippen LogP contribution in [0.5, 0.6) is 17.2 Å². The molecular formula is C17H16F2N4O4. The minimum Gasteiger partial charge on any atom is -0.508 e. The first-order valence-electron chi connectivity index (χ1n) is 7.81. The van der Waals surface area contributed by atoms with E-state index in [1.807, 2.05) is 0 Å². The number of halogens is 2. The largest absolute Gasteiger partial charge is 0.508 e. The van der Waals surface area contributed by atoms with Crippen molar-refractivity contribution in [3.05, 3.63) is 58.0 Å². The molecule has 3 aromatic rings. The lowest BCUT2D eigenvalue weighted by Gasteiger charge is -2.16. The summed E-state index contributed by atoms with van der Waals surface area (Å²) in [5, 5.41) is 16.9. The summed E-state index contributed by atoms with van der Waals surface area (Å²) in [7, 11) is 2.89. The Kier molecular flexibility index (Phi) is 5.06. The molecule has 1 aromatic heterocycles. The van der Waals surface area contributed by atoms with Crippen molar-refractivity contribution in [2.45, 2.75) is 13.0 Å². The zero-order valence-electron chi connectivity index (χ0n) is 14.5. The highest BCUT2D eigenvalue weighted by molar-refractivity contribution is 5.49. The zero-order valence-corrected chi connectivity index (χ0v) is 14.5. The Morgan fingerprint density at radius 3 is 2.59 bits per heavy atom. The first kappa shape index (κ1) is 18.4. The molecule has 0 bridgehead atoms. The van der Waals surface area contributed by atoms with Crippen LogP contribution in [0.15, 0.2) is 41.2 Å². The first-order chi connectivity index (χ1) is 12.9. The normalized spacial score (nSPS) is 11.0. The number of tetrazole rings is 1. The van der Waals surface area contributed by atoms with Crippen molar-refractivity contribution in [2.24, 2.45) is 7.05 Å². The van der Waals surface area contributed by atoms with Crippen molar-refractivity contribution in [2.75, 3.05) is 7.11 Å². The molecule has 3 rings (SSSR count). The fourth-order valence-electron chi connectivity index (χ4n) is 2.54. The number of phenols is 1. The van der Waals surface area contributed by atoms with Crippen LogP contribution < -0.4 is 15.2 Å². The molecule has 0 saturated heterocycles. The summed E-state index contributed by atoms with van der Waals surface area (Å²) in [4.78, 5) is 12.2. The van der Waals surface area contributed by atoms with Crippen LogP contribution in [0, 0.1) is 0 Å². The lowest BCUT2D eigenvalue weighted by Crippen LogP contribution is -2.23. The molecule has 0 atom stereocenters. The number of aryl methyl sites for hydroxylation is 1. The molecule has 0 aliphatic carbocycles. The SMILES string of the molecule is COc1cccc(-n2nnn(C)c2=O)c1COc1ccc(O)cc1C(F)F. The van der Waals surface area contributed by atoms with Crippen molar-refractivity contribution in [3.63, 3.8) is 0 Å². The van der Waals surface area contributed by atoms with Crippen molar-refractivity contribution < 1.29 is 23.4 Å². The Bertz CT molecular complexity index is 1020. The number of benzene rings is 2. The molecule has 0 aliphatic rings. The van der Waals surface area contributed by atoms with Crippen molar-refractivity contribution in [3.8, 4) is 22.9 Å². The Hall–Kier alpha value is -3.43. The summed E-state index contributed by atoms with van der Waals surface area (Å²) in [6, 6.07) is 8.36. The predicted octanol–water partition coefficient (Wildman–Crippen LogP) is 2.20. The molecular weight excluding hydrogens is 362 g/mol. The van der Waals surface area contributed by atoms with Crippen LogP contribution in [0.25, 0.3) is 5.69 Å². The number of hydrogen-bond acceptors (Lipinski definition) is 6. The van der Waals surface area contributed by atoms with Crippen molar-refractivity contribution in [1.29, 1.82) is 0 Å². The van der Waals surface area contributed by atoms with Crippen LogP contribution in [0.3, 0.4) is 0 Å². The van der Waals surface area contributed by atoms with Gasteiger partial charge in [-0.05, 0) is 40.8 Å². The van der Waals surface area contributed by atoms with E-state index in [4.69, 9.17) is 9.47 Å². The number of nitrogens with zero attached hydrogens (tertiary/aromatic N) is 4. The monoisotopic (exact) mass is 378 g/mol. The third-order valence-electron chi connectivity index (χ3n) is 3.88. The number of rotatable bonds is 6. The number of ether oxygens (including phenoxy) is 2. The summed E-state index contributed by atoms with van der Waals surface area (Å²) >= 11 is 0. The van der Waals surface area contributed by atoms with Crippen LogP contribution in [-0.2, 0) is 13.7 Å². The van der Waals surface area contributed by atoms with Crippen LogP contribution in [0.4, 0.5) is 8.78 Å². The van der Waals surface area contributed by atoms with Gasteiger partial charge in [0.15, 0.2) is 0 Å². The maximum atomic E-state index is 13.2. The van der Waals surface area contributed by atoms with Gasteiger partial charge in [0.1, 0.15) is 23.9 Å². The van der Waals surface area contributed by atoms with E-state index in [0.717, 1.165) is 15.4 Å². The van der Waals surface area contributed by atoms with E-state index in [9.17, 15) is 18.7 Å². The maximum absolute atomic E-state index is 13.2. The van der Waals surface area contributed by atoms with Gasteiger partial charge >= 0.3 is 5.69 Å². The Morgan fingerprint density at radius 2 is 1.96 bits per heavy atom. The Balaban J connectivity index is 2.00. The van der Waals surface area contributed by atoms with Crippen LogP contribution >= 0.6 is 0 Å². The molecule has 0 saturated carbocycles. The fourth-order valence-corrected chi connectivity index (χ4v) is 2.54. The van der Waals surface area contributed by atoms with Gasteiger partial charge in [0.25, 0.3) is 6.43 Å². The minimum atomic E-state index is -2.83. The molecule has 8 nitrogen and oxygen atoms in total. The molecule has 2 aromatic carbocycles. The smallest absolute Gasteiger partial charge is 0.368 e. The van der Waals surface area contributed by atoms with Gasteiger partial charge in [0, 0.05) is 7.05 Å². The van der Waals surface area contributed by atoms with E-state index in [2.05, 4.69) is 10.4 Å². The van der Waals surface area contributed by atoms with Gasteiger partial charge in [-0.25, -0.2) is 13.6 Å². The lowest BCUT2D eigenvalue weighted by atomic mass is 10.1. The molecule has 0 fully saturated rings. The van der Waals surface area contributed by atoms with Gasteiger partial charge in [-0.1, -0.05) is 6.07 Å². The minimum absolute atomic E-state index is 0.0915. The van der Waals surface area contributed by atoms with E-state index < -0.39 is 17.7 Å². The van der Waals surface area contributed by atoms with E-state index >= 15 is 0 Å². The second-order valence-corrected chi connectivity index (χ2v) is 5.57. The van der Waals surface area contributed by atoms with E-state index in [0.29, 0.717) is 17.0 Å². The third-order valence-corrected chi connectivity index (χ3v) is 3.88. The maximum Gasteiger partial charge on any atom is 0.368 e. The molecule has 0 amide bonds. The molecule has 0 aliphatic heterocycles. The number of methoxy groups -OCH3 is 1. The lowest BCUT2D eigenvalue weighted by molar-refractivity contribution is 0.144. The molecule has 142 valence electrons. The summed E-state index contributed by atoms with van der Waals surface area (Å²) in [5.41, 5.74) is -0.147. The average molecular weight is 378 g/mol. The Labute approximate surface area is 152 Å². The summed E-state index contributed by atoms with van der Waals surface area (Å²) in [6.07, 6.45) is -2.83. The topological polar surface area (TPSA) is 91.4 Å². The van der Waals surface area contributed by atoms with E-state index in [1.54, 1.807) is 18.2 Å². The molecule has 0 radical (unpaired) electrons. The second-order valence-electron chi connectivity index (χ2n) is 5.57. The number of aromatic nitrogens is 4. The van der Waals surface area contributed by atoms with Gasteiger partial charge in [0.05, 0.1) is 23.9 Å². The summed E-state index contributed by atoms with van der Waals surface area (Å²) in [6.45, 7) is -0.174. The molecule has 27 heavy (non-hydrogen) atoms. The quantitative estimate of drug-likeness (QED) is 0.707. The summed E-state index contributed by atoms with van der Waals surface area (Å²) in [5.74, 6) is 0.00956. The van der Waals surface area contributed by atoms with E-state index in [-0.39, 0.29) is 18.1 Å². The summed E-state index contributed by atoms with van der Waals surface area (Å²) < 4.78 is 39.4. The number of phenolic OH excluding ortho intramolecular Hbond substituents is 1. The highest BCUT2D eigenvalue weighted by Gasteiger charge is 2.19. The number of hydrogen-bond donors (Lipinski definition) is 1. The molecule has 0 spiro atoms. The standard InChI is InChI=1S/C17H16F2N4O4/c1-22-17(25)23(21-20-22)13-4-3-5-14(26-2)12(13)9-27-15-7-6-10(24)8-11(15)16(18)19/h3-8,16,24H,9H2,1-2H3. The van der Waals surface area contributed by atoms with Gasteiger partial charge in [-0.3, -0.25) is 0 Å². The average Bonchev–Trinajstić information content (AvgIpc) is 2.99. The van der Waals surface area contributed by atoms with Crippen LogP contribution in [-0.4, -0.2) is 32.0 Å². The Morgan fingerprint density at radius 1 is 1.19 bits per heavy atom. The van der Waals surface area contributed by atoms with Crippen LogP contribution in [0.1, 0.15) is 17.6 Å². The van der Waals surface area contributed by atoms with Crippen LogP contribution in [0.2, 0.25) is 0 Å². The van der Waals surface area contributed by atoms with E-state index in [1.165, 1.54) is 26.3 Å². The molecule has 10 heteroatoms. The number of aromatic hydroxyl groups is 1. The highest BCUT2D eigenvalue weighted by Crippen LogP contribution is 2.33. The molecule has 1 heterocycles. The van der Waals surface area contributed by atoms with Gasteiger partial charge in [0.2, 0.25) is 0 Å². The third kappa shape index (κ3) is 3.59. The first-order valence-corrected chi connectivity index (χ1v) is 7.81. The predicted molar refractivity (Wildman–Crippen MR) is 90.5 cm³/mol. The number of alkyl halides is 2. The molecule has 1 N–H and O–H groups in total. The van der Waals surface area contributed by atoms with Gasteiger partial charge in [-0.15, -0.1) is 0 Å². The van der Waals surface area contributed by atoms with Gasteiger partial charge in [-0.2, -0.15) is 9.36 Å². The zero-order chi connectivity index (χ0) is 19.6. The van der Waals surface area contributed by atoms with Crippen molar-refractivity contribution >= 4 is 0 Å². The fraction of sp³-hybridized carbons (Fsp3) is 0.235. The highest BCUT2D eigenvalue weighted by atomic mass is 19.3. The van der Waals surface area contributed by atoms with Crippen molar-refractivity contribution in [1.82, 2.24) is 19.8 Å². The molecule has 0 unspecified atom stereocenters. The second kappa shape index (κ2) is 7.44.